The maximum Gasteiger partial charge on any atom is 0.207 e. The summed E-state index contributed by atoms with van der Waals surface area (Å²) in [6.45, 7) is 10.0. The van der Waals surface area contributed by atoms with Crippen molar-refractivity contribution >= 4 is 11.6 Å². The third kappa shape index (κ3) is 3.76. The highest BCUT2D eigenvalue weighted by atomic mass is 16.5. The fourth-order valence-electron chi connectivity index (χ4n) is 2.14. The van der Waals surface area contributed by atoms with Gasteiger partial charge in [-0.05, 0) is 31.9 Å². The monoisotopic (exact) mass is 273 g/mol. The van der Waals surface area contributed by atoms with E-state index in [1.807, 2.05) is 38.1 Å². The van der Waals surface area contributed by atoms with Gasteiger partial charge in [0, 0.05) is 24.5 Å². The Morgan fingerprint density at radius 1 is 1.35 bits per heavy atom. The predicted molar refractivity (Wildman–Crippen MR) is 82.7 cm³/mol. The first-order valence-corrected chi connectivity index (χ1v) is 7.12. The molecule has 0 bridgehead atoms. The highest BCUT2D eigenvalue weighted by Gasteiger charge is 2.08. The number of imidazole rings is 1. The molecule has 0 saturated heterocycles. The van der Waals surface area contributed by atoms with Crippen molar-refractivity contribution in [2.75, 3.05) is 11.9 Å². The minimum absolute atomic E-state index is 0.582. The van der Waals surface area contributed by atoms with Gasteiger partial charge >= 0.3 is 0 Å². The predicted octanol–water partition coefficient (Wildman–Crippen LogP) is 3.99. The van der Waals surface area contributed by atoms with E-state index in [0.717, 1.165) is 29.6 Å². The topological polar surface area (TPSA) is 39.1 Å². The maximum absolute atomic E-state index is 5.52. The van der Waals surface area contributed by atoms with Gasteiger partial charge in [0.2, 0.25) is 5.95 Å². The second-order valence-corrected chi connectivity index (χ2v) is 5.34. The lowest BCUT2D eigenvalue weighted by atomic mass is 10.2. The molecule has 0 radical (unpaired) electrons. The summed E-state index contributed by atoms with van der Waals surface area (Å²) in [7, 11) is 0. The van der Waals surface area contributed by atoms with Crippen LogP contribution in [0.25, 0.3) is 0 Å². The third-order valence-electron chi connectivity index (χ3n) is 2.86. The zero-order chi connectivity index (χ0) is 14.5. The van der Waals surface area contributed by atoms with Gasteiger partial charge in [0.1, 0.15) is 5.75 Å². The van der Waals surface area contributed by atoms with Gasteiger partial charge in [-0.1, -0.05) is 19.9 Å². The molecule has 20 heavy (non-hydrogen) atoms. The molecule has 0 amide bonds. The Labute approximate surface area is 120 Å². The number of anilines is 2. The van der Waals surface area contributed by atoms with Crippen LogP contribution in [0, 0.1) is 12.8 Å². The van der Waals surface area contributed by atoms with E-state index in [9.17, 15) is 0 Å². The standard InChI is InChI=1S/C16H23N3O/c1-5-20-15-8-6-7-14(9-15)18-16-17-13(4)11-19(16)10-12(2)3/h6-9,11-12H,5,10H2,1-4H3,(H,17,18). The number of benzene rings is 1. The zero-order valence-electron chi connectivity index (χ0n) is 12.7. The van der Waals surface area contributed by atoms with Crippen molar-refractivity contribution in [1.29, 1.82) is 0 Å². The Morgan fingerprint density at radius 3 is 2.85 bits per heavy atom. The first-order valence-electron chi connectivity index (χ1n) is 7.12. The Kier molecular flexibility index (Phi) is 4.66. The molecule has 0 fully saturated rings. The van der Waals surface area contributed by atoms with Crippen LogP contribution in [0.3, 0.4) is 0 Å². The van der Waals surface area contributed by atoms with Crippen LogP contribution in [-0.4, -0.2) is 16.2 Å². The van der Waals surface area contributed by atoms with Crippen LogP contribution in [-0.2, 0) is 6.54 Å². The van der Waals surface area contributed by atoms with Crippen LogP contribution in [0.1, 0.15) is 26.5 Å². The first kappa shape index (κ1) is 14.4. The van der Waals surface area contributed by atoms with Gasteiger partial charge in [0.05, 0.1) is 12.3 Å². The molecule has 4 nitrogen and oxygen atoms in total. The molecular weight excluding hydrogens is 250 g/mol. The fraction of sp³-hybridized carbons (Fsp3) is 0.438. The lowest BCUT2D eigenvalue weighted by Gasteiger charge is -2.12. The van der Waals surface area contributed by atoms with Crippen molar-refractivity contribution < 1.29 is 4.74 Å². The molecule has 1 heterocycles. The van der Waals surface area contributed by atoms with Crippen LogP contribution in [0.4, 0.5) is 11.6 Å². The molecule has 0 aliphatic carbocycles. The molecule has 1 N–H and O–H groups in total. The molecule has 4 heteroatoms. The van der Waals surface area contributed by atoms with Crippen molar-refractivity contribution in [2.45, 2.75) is 34.2 Å². The molecule has 0 aliphatic rings. The quantitative estimate of drug-likeness (QED) is 0.865. The lowest BCUT2D eigenvalue weighted by molar-refractivity contribution is 0.340. The van der Waals surface area contributed by atoms with Gasteiger partial charge in [-0.2, -0.15) is 0 Å². The molecule has 0 aliphatic heterocycles. The summed E-state index contributed by atoms with van der Waals surface area (Å²) in [5, 5.41) is 3.37. The molecule has 0 unspecified atom stereocenters. The summed E-state index contributed by atoms with van der Waals surface area (Å²) >= 11 is 0. The van der Waals surface area contributed by atoms with Gasteiger partial charge in [0.25, 0.3) is 0 Å². The summed E-state index contributed by atoms with van der Waals surface area (Å²) < 4.78 is 7.68. The molecule has 0 atom stereocenters. The van der Waals surface area contributed by atoms with E-state index < -0.39 is 0 Å². The van der Waals surface area contributed by atoms with Crippen molar-refractivity contribution in [2.24, 2.45) is 5.92 Å². The van der Waals surface area contributed by atoms with Crippen LogP contribution in [0.15, 0.2) is 30.5 Å². The van der Waals surface area contributed by atoms with Gasteiger partial charge in [0.15, 0.2) is 0 Å². The zero-order valence-corrected chi connectivity index (χ0v) is 12.7. The molecule has 2 aromatic rings. The van der Waals surface area contributed by atoms with E-state index in [0.29, 0.717) is 12.5 Å². The number of aryl methyl sites for hydroxylation is 1. The molecule has 0 saturated carbocycles. The largest absolute Gasteiger partial charge is 0.494 e. The van der Waals surface area contributed by atoms with Gasteiger partial charge in [-0.15, -0.1) is 0 Å². The van der Waals surface area contributed by atoms with Crippen molar-refractivity contribution in [1.82, 2.24) is 9.55 Å². The Bertz CT molecular complexity index is 561. The first-order chi connectivity index (χ1) is 9.58. The van der Waals surface area contributed by atoms with Crippen molar-refractivity contribution in [3.63, 3.8) is 0 Å². The van der Waals surface area contributed by atoms with E-state index in [1.54, 1.807) is 0 Å². The smallest absolute Gasteiger partial charge is 0.207 e. The summed E-state index contributed by atoms with van der Waals surface area (Å²) in [6.07, 6.45) is 2.08. The van der Waals surface area contributed by atoms with E-state index >= 15 is 0 Å². The second-order valence-electron chi connectivity index (χ2n) is 5.34. The lowest BCUT2D eigenvalue weighted by Crippen LogP contribution is -2.07. The molecular formula is C16H23N3O. The Hall–Kier alpha value is -1.97. The summed E-state index contributed by atoms with van der Waals surface area (Å²) in [5.74, 6) is 2.33. The highest BCUT2D eigenvalue weighted by Crippen LogP contribution is 2.22. The Morgan fingerprint density at radius 2 is 2.15 bits per heavy atom. The molecule has 1 aromatic heterocycles. The number of rotatable bonds is 6. The van der Waals surface area contributed by atoms with E-state index in [1.165, 1.54) is 0 Å². The fourth-order valence-corrected chi connectivity index (χ4v) is 2.14. The SMILES string of the molecule is CCOc1cccc(Nc2nc(C)cn2CC(C)C)c1. The number of hydrogen-bond donors (Lipinski definition) is 1. The minimum Gasteiger partial charge on any atom is -0.494 e. The minimum atomic E-state index is 0.582. The van der Waals surface area contributed by atoms with E-state index in [4.69, 9.17) is 4.74 Å². The number of hydrogen-bond acceptors (Lipinski definition) is 3. The average molecular weight is 273 g/mol. The van der Waals surface area contributed by atoms with E-state index in [-0.39, 0.29) is 0 Å². The van der Waals surface area contributed by atoms with E-state index in [2.05, 4.69) is 34.9 Å². The third-order valence-corrected chi connectivity index (χ3v) is 2.86. The molecule has 2 rings (SSSR count). The van der Waals surface area contributed by atoms with Crippen LogP contribution in [0.2, 0.25) is 0 Å². The number of nitrogens with one attached hydrogen (secondary N) is 1. The summed E-state index contributed by atoms with van der Waals surface area (Å²) in [5.41, 5.74) is 2.01. The normalized spacial score (nSPS) is 10.8. The van der Waals surface area contributed by atoms with Gasteiger partial charge in [-0.25, -0.2) is 4.98 Å². The second kappa shape index (κ2) is 6.46. The van der Waals surface area contributed by atoms with Crippen LogP contribution >= 0.6 is 0 Å². The summed E-state index contributed by atoms with van der Waals surface area (Å²) in [4.78, 5) is 4.55. The number of ether oxygens (including phenoxy) is 1. The number of aromatic nitrogens is 2. The summed E-state index contributed by atoms with van der Waals surface area (Å²) in [6, 6.07) is 7.95. The maximum atomic E-state index is 5.52. The molecule has 0 spiro atoms. The van der Waals surface area contributed by atoms with Crippen LogP contribution in [0.5, 0.6) is 5.75 Å². The van der Waals surface area contributed by atoms with Crippen molar-refractivity contribution in [3.05, 3.63) is 36.2 Å². The highest BCUT2D eigenvalue weighted by molar-refractivity contribution is 5.56. The number of nitrogens with zero attached hydrogens (tertiary/aromatic N) is 2. The molecule has 108 valence electrons. The van der Waals surface area contributed by atoms with Crippen molar-refractivity contribution in [3.8, 4) is 5.75 Å². The van der Waals surface area contributed by atoms with Gasteiger partial charge < -0.3 is 14.6 Å². The Balaban J connectivity index is 2.18. The van der Waals surface area contributed by atoms with Crippen LogP contribution < -0.4 is 10.1 Å². The average Bonchev–Trinajstić information content (AvgIpc) is 2.69. The van der Waals surface area contributed by atoms with Gasteiger partial charge in [-0.3, -0.25) is 0 Å². The molecule has 1 aromatic carbocycles.